The summed E-state index contributed by atoms with van der Waals surface area (Å²) in [6.07, 6.45) is 0.388. The van der Waals surface area contributed by atoms with Crippen LogP contribution in [0.4, 0.5) is 0 Å². The van der Waals surface area contributed by atoms with Gasteiger partial charge in [-0.1, -0.05) is 37.6 Å². The van der Waals surface area contributed by atoms with Gasteiger partial charge < -0.3 is 5.11 Å². The predicted octanol–water partition coefficient (Wildman–Crippen LogP) is 3.42. The molecular formula is C11H15ClO. The van der Waals surface area contributed by atoms with E-state index in [1.165, 1.54) is 0 Å². The molecule has 0 amide bonds. The number of hydrogen-bond donors (Lipinski definition) is 1. The molecule has 72 valence electrons. The molecule has 0 saturated carbocycles. The first-order valence-electron chi connectivity index (χ1n) is 4.53. The van der Waals surface area contributed by atoms with Crippen LogP contribution < -0.4 is 0 Å². The van der Waals surface area contributed by atoms with Gasteiger partial charge in [-0.25, -0.2) is 0 Å². The Morgan fingerprint density at radius 3 is 2.62 bits per heavy atom. The fourth-order valence-electron chi connectivity index (χ4n) is 1.30. The highest BCUT2D eigenvalue weighted by Crippen LogP contribution is 2.23. The lowest BCUT2D eigenvalue weighted by molar-refractivity contribution is 0.151. The van der Waals surface area contributed by atoms with E-state index in [0.29, 0.717) is 10.9 Å². The molecule has 1 atom stereocenters. The Morgan fingerprint density at radius 2 is 2.08 bits per heavy atom. The van der Waals surface area contributed by atoms with E-state index in [-0.39, 0.29) is 0 Å². The number of halogens is 1. The first-order chi connectivity index (χ1) is 6.09. The van der Waals surface area contributed by atoms with Crippen molar-refractivity contribution in [3.05, 3.63) is 34.9 Å². The molecule has 13 heavy (non-hydrogen) atoms. The molecule has 0 aliphatic rings. The Hall–Kier alpha value is -0.530. The van der Waals surface area contributed by atoms with E-state index in [1.54, 1.807) is 0 Å². The molecule has 0 radical (unpaired) electrons. The van der Waals surface area contributed by atoms with Gasteiger partial charge in [0.05, 0.1) is 6.10 Å². The third-order valence-corrected chi connectivity index (χ3v) is 2.16. The molecule has 1 aromatic rings. The zero-order valence-electron chi connectivity index (χ0n) is 8.00. The Kier molecular flexibility index (Phi) is 3.76. The molecule has 0 heterocycles. The zero-order chi connectivity index (χ0) is 9.84. The molecule has 1 unspecified atom stereocenters. The molecule has 1 N–H and O–H groups in total. The largest absolute Gasteiger partial charge is 0.388 e. The molecule has 1 rings (SSSR count). The molecule has 0 saturated heterocycles. The second kappa shape index (κ2) is 4.64. The summed E-state index contributed by atoms with van der Waals surface area (Å²) in [6, 6.07) is 7.39. The topological polar surface area (TPSA) is 20.2 Å². The SMILES string of the molecule is CC(C)CC(O)c1cccc(Cl)c1. The van der Waals surface area contributed by atoms with Crippen LogP contribution in [-0.4, -0.2) is 5.11 Å². The van der Waals surface area contributed by atoms with Gasteiger partial charge in [-0.2, -0.15) is 0 Å². The van der Waals surface area contributed by atoms with E-state index in [1.807, 2.05) is 24.3 Å². The van der Waals surface area contributed by atoms with Gasteiger partial charge in [0.15, 0.2) is 0 Å². The van der Waals surface area contributed by atoms with Crippen molar-refractivity contribution in [2.75, 3.05) is 0 Å². The smallest absolute Gasteiger partial charge is 0.0793 e. The highest BCUT2D eigenvalue weighted by Gasteiger charge is 2.09. The molecule has 1 nitrogen and oxygen atoms in total. The third kappa shape index (κ3) is 3.37. The Morgan fingerprint density at radius 1 is 1.38 bits per heavy atom. The number of aliphatic hydroxyl groups is 1. The first-order valence-corrected chi connectivity index (χ1v) is 4.91. The molecule has 0 fully saturated rings. The Labute approximate surface area is 84.4 Å². The van der Waals surface area contributed by atoms with Crippen molar-refractivity contribution in [1.82, 2.24) is 0 Å². The van der Waals surface area contributed by atoms with Crippen LogP contribution in [0.25, 0.3) is 0 Å². The summed E-state index contributed by atoms with van der Waals surface area (Å²) < 4.78 is 0. The summed E-state index contributed by atoms with van der Waals surface area (Å²) >= 11 is 5.81. The standard InChI is InChI=1S/C11H15ClO/c1-8(2)6-11(13)9-4-3-5-10(12)7-9/h3-5,7-8,11,13H,6H2,1-2H3. The highest BCUT2D eigenvalue weighted by molar-refractivity contribution is 6.30. The lowest BCUT2D eigenvalue weighted by Crippen LogP contribution is -2.01. The van der Waals surface area contributed by atoms with Gasteiger partial charge >= 0.3 is 0 Å². The number of rotatable bonds is 3. The van der Waals surface area contributed by atoms with Crippen molar-refractivity contribution in [3.8, 4) is 0 Å². The lowest BCUT2D eigenvalue weighted by Gasteiger charge is -2.13. The Bertz CT molecular complexity index is 271. The Balaban J connectivity index is 2.71. The second-order valence-corrected chi connectivity index (χ2v) is 4.14. The lowest BCUT2D eigenvalue weighted by atomic mass is 10.00. The van der Waals surface area contributed by atoms with Gasteiger partial charge in [0.25, 0.3) is 0 Å². The van der Waals surface area contributed by atoms with Gasteiger partial charge in [-0.3, -0.25) is 0 Å². The predicted molar refractivity (Wildman–Crippen MR) is 55.9 cm³/mol. The van der Waals surface area contributed by atoms with Crippen LogP contribution in [-0.2, 0) is 0 Å². The van der Waals surface area contributed by atoms with Crippen LogP contribution in [0.3, 0.4) is 0 Å². The molecule has 0 aromatic heterocycles. The number of hydrogen-bond acceptors (Lipinski definition) is 1. The summed E-state index contributed by atoms with van der Waals surface area (Å²) in [4.78, 5) is 0. The van der Waals surface area contributed by atoms with Crippen molar-refractivity contribution < 1.29 is 5.11 Å². The quantitative estimate of drug-likeness (QED) is 0.789. The van der Waals surface area contributed by atoms with Crippen molar-refractivity contribution >= 4 is 11.6 Å². The van der Waals surface area contributed by atoms with E-state index in [2.05, 4.69) is 13.8 Å². The minimum Gasteiger partial charge on any atom is -0.388 e. The van der Waals surface area contributed by atoms with Crippen molar-refractivity contribution in [2.24, 2.45) is 5.92 Å². The van der Waals surface area contributed by atoms with Gasteiger partial charge in [0, 0.05) is 5.02 Å². The third-order valence-electron chi connectivity index (χ3n) is 1.93. The summed E-state index contributed by atoms with van der Waals surface area (Å²) in [5.74, 6) is 0.494. The molecule has 1 aromatic carbocycles. The number of aliphatic hydroxyl groups excluding tert-OH is 1. The van der Waals surface area contributed by atoms with Crippen molar-refractivity contribution in [3.63, 3.8) is 0 Å². The summed E-state index contributed by atoms with van der Waals surface area (Å²) in [7, 11) is 0. The summed E-state index contributed by atoms with van der Waals surface area (Å²) in [6.45, 7) is 4.18. The average molecular weight is 199 g/mol. The van der Waals surface area contributed by atoms with Gasteiger partial charge in [-0.05, 0) is 30.0 Å². The molecule has 0 aliphatic heterocycles. The van der Waals surface area contributed by atoms with Crippen molar-refractivity contribution in [1.29, 1.82) is 0 Å². The molecule has 0 aliphatic carbocycles. The van der Waals surface area contributed by atoms with E-state index in [9.17, 15) is 5.11 Å². The molecular weight excluding hydrogens is 184 g/mol. The normalized spacial score (nSPS) is 13.3. The minimum absolute atomic E-state index is 0.390. The zero-order valence-corrected chi connectivity index (χ0v) is 8.75. The fraction of sp³-hybridized carbons (Fsp3) is 0.455. The fourth-order valence-corrected chi connectivity index (χ4v) is 1.50. The van der Waals surface area contributed by atoms with Crippen LogP contribution in [0.1, 0.15) is 31.9 Å². The molecule has 2 heteroatoms. The first kappa shape index (κ1) is 10.6. The highest BCUT2D eigenvalue weighted by atomic mass is 35.5. The van der Waals surface area contributed by atoms with Crippen LogP contribution >= 0.6 is 11.6 Å². The van der Waals surface area contributed by atoms with E-state index >= 15 is 0 Å². The van der Waals surface area contributed by atoms with E-state index in [0.717, 1.165) is 12.0 Å². The summed E-state index contributed by atoms with van der Waals surface area (Å²) in [5, 5.41) is 10.4. The van der Waals surface area contributed by atoms with Crippen LogP contribution in [0, 0.1) is 5.92 Å². The van der Waals surface area contributed by atoms with Gasteiger partial charge in [0.1, 0.15) is 0 Å². The maximum Gasteiger partial charge on any atom is 0.0793 e. The van der Waals surface area contributed by atoms with Crippen LogP contribution in [0.2, 0.25) is 5.02 Å². The van der Waals surface area contributed by atoms with Crippen LogP contribution in [0.15, 0.2) is 24.3 Å². The van der Waals surface area contributed by atoms with Gasteiger partial charge in [0.2, 0.25) is 0 Å². The average Bonchev–Trinajstić information content (AvgIpc) is 2.03. The van der Waals surface area contributed by atoms with Gasteiger partial charge in [-0.15, -0.1) is 0 Å². The molecule has 0 bridgehead atoms. The van der Waals surface area contributed by atoms with E-state index in [4.69, 9.17) is 11.6 Å². The minimum atomic E-state index is -0.390. The van der Waals surface area contributed by atoms with Crippen LogP contribution in [0.5, 0.6) is 0 Å². The van der Waals surface area contributed by atoms with E-state index < -0.39 is 6.10 Å². The maximum atomic E-state index is 9.76. The molecule has 0 spiro atoms. The van der Waals surface area contributed by atoms with Crippen molar-refractivity contribution in [2.45, 2.75) is 26.4 Å². The number of benzene rings is 1. The monoisotopic (exact) mass is 198 g/mol. The second-order valence-electron chi connectivity index (χ2n) is 3.70. The maximum absolute atomic E-state index is 9.76. The summed E-state index contributed by atoms with van der Waals surface area (Å²) in [5.41, 5.74) is 0.904.